The van der Waals surface area contributed by atoms with Gasteiger partial charge in [0.2, 0.25) is 11.8 Å². The maximum Gasteiger partial charge on any atom is 0.245 e. The minimum atomic E-state index is -0.315. The van der Waals surface area contributed by atoms with Crippen molar-refractivity contribution in [3.8, 4) is 0 Å². The maximum atomic E-state index is 13.1. The Morgan fingerprint density at radius 1 is 1.12 bits per heavy atom. The van der Waals surface area contributed by atoms with Crippen molar-refractivity contribution in [2.75, 3.05) is 40.0 Å². The van der Waals surface area contributed by atoms with E-state index in [2.05, 4.69) is 0 Å². The summed E-state index contributed by atoms with van der Waals surface area (Å²) in [5.41, 5.74) is -0.264. The van der Waals surface area contributed by atoms with Gasteiger partial charge in [0.25, 0.3) is 0 Å². The summed E-state index contributed by atoms with van der Waals surface area (Å²) >= 11 is 0. The number of likely N-dealkylation sites (tertiary alicyclic amines) is 1. The summed E-state index contributed by atoms with van der Waals surface area (Å²) in [6, 6.07) is -0.315. The lowest BCUT2D eigenvalue weighted by atomic mass is 9.80. The van der Waals surface area contributed by atoms with Gasteiger partial charge in [-0.15, -0.1) is 0 Å². The Labute approximate surface area is 156 Å². The molecule has 26 heavy (non-hydrogen) atoms. The van der Waals surface area contributed by atoms with E-state index >= 15 is 0 Å². The van der Waals surface area contributed by atoms with Gasteiger partial charge in [0, 0.05) is 44.7 Å². The highest BCUT2D eigenvalue weighted by atomic mass is 16.5. The molecule has 0 bridgehead atoms. The van der Waals surface area contributed by atoms with Gasteiger partial charge in [-0.1, -0.05) is 19.3 Å². The molecule has 0 aromatic carbocycles. The summed E-state index contributed by atoms with van der Waals surface area (Å²) in [5.74, 6) is 0.338. The first kappa shape index (κ1) is 19.6. The molecule has 6 nitrogen and oxygen atoms in total. The van der Waals surface area contributed by atoms with Crippen molar-refractivity contribution in [3.63, 3.8) is 0 Å². The van der Waals surface area contributed by atoms with Gasteiger partial charge in [0.05, 0.1) is 6.61 Å². The van der Waals surface area contributed by atoms with Gasteiger partial charge in [0.15, 0.2) is 0 Å². The summed E-state index contributed by atoms with van der Waals surface area (Å²) in [6.07, 6.45) is 8.64. The average Bonchev–Trinajstić information content (AvgIpc) is 3.18. The molecule has 2 saturated heterocycles. The van der Waals surface area contributed by atoms with Crippen molar-refractivity contribution in [2.24, 2.45) is 11.3 Å². The number of likely N-dealkylation sites (N-methyl/N-ethyl adjacent to an activating group) is 1. The van der Waals surface area contributed by atoms with Crippen molar-refractivity contribution >= 4 is 11.8 Å². The monoisotopic (exact) mass is 366 g/mol. The summed E-state index contributed by atoms with van der Waals surface area (Å²) in [6.45, 7) is 2.59. The number of aliphatic hydroxyl groups excluding tert-OH is 1. The standard InChI is InChI=1S/C20H34N2O4/c1-21(14-20(15-23)9-12-26-13-10-20)19(25)17-8-5-11-22(17)18(24)16-6-3-2-4-7-16/h16-17,23H,2-15H2,1H3. The van der Waals surface area contributed by atoms with Crippen LogP contribution in [-0.2, 0) is 14.3 Å². The minimum Gasteiger partial charge on any atom is -0.396 e. The van der Waals surface area contributed by atoms with Crippen LogP contribution in [0, 0.1) is 11.3 Å². The third-order valence-corrected chi connectivity index (χ3v) is 6.61. The largest absolute Gasteiger partial charge is 0.396 e. The van der Waals surface area contributed by atoms with Crippen molar-refractivity contribution in [2.45, 2.75) is 63.8 Å². The smallest absolute Gasteiger partial charge is 0.245 e. The van der Waals surface area contributed by atoms with E-state index in [1.807, 2.05) is 11.9 Å². The SMILES string of the molecule is CN(CC1(CO)CCOCC1)C(=O)C1CCCN1C(=O)C1CCCCC1. The fourth-order valence-corrected chi connectivity index (χ4v) is 4.88. The summed E-state index contributed by atoms with van der Waals surface area (Å²) < 4.78 is 5.42. The predicted octanol–water partition coefficient (Wildman–Crippen LogP) is 1.81. The first-order valence-corrected chi connectivity index (χ1v) is 10.3. The molecule has 2 heterocycles. The summed E-state index contributed by atoms with van der Waals surface area (Å²) in [5, 5.41) is 9.89. The van der Waals surface area contributed by atoms with Gasteiger partial charge < -0.3 is 19.6 Å². The summed E-state index contributed by atoms with van der Waals surface area (Å²) in [4.78, 5) is 29.6. The Bertz CT molecular complexity index is 498. The number of aliphatic hydroxyl groups is 1. The number of hydrogen-bond donors (Lipinski definition) is 1. The lowest BCUT2D eigenvalue weighted by molar-refractivity contribution is -0.147. The van der Waals surface area contributed by atoms with E-state index in [-0.39, 0.29) is 35.8 Å². The highest BCUT2D eigenvalue weighted by Gasteiger charge is 2.41. The van der Waals surface area contributed by atoms with Crippen LogP contribution in [0.2, 0.25) is 0 Å². The van der Waals surface area contributed by atoms with Crippen molar-refractivity contribution in [1.29, 1.82) is 0 Å². The molecule has 2 aliphatic heterocycles. The Balaban J connectivity index is 1.62. The van der Waals surface area contributed by atoms with Crippen LogP contribution in [0.4, 0.5) is 0 Å². The van der Waals surface area contributed by atoms with Gasteiger partial charge in [0.1, 0.15) is 6.04 Å². The lowest BCUT2D eigenvalue weighted by Gasteiger charge is -2.40. The second-order valence-corrected chi connectivity index (χ2v) is 8.49. The first-order valence-electron chi connectivity index (χ1n) is 10.3. The second kappa shape index (κ2) is 8.70. The van der Waals surface area contributed by atoms with Gasteiger partial charge >= 0.3 is 0 Å². The van der Waals surface area contributed by atoms with Crippen LogP contribution < -0.4 is 0 Å². The predicted molar refractivity (Wildman–Crippen MR) is 98.5 cm³/mol. The number of carbonyl (C=O) groups excluding carboxylic acids is 2. The van der Waals surface area contributed by atoms with Gasteiger partial charge in [-0.05, 0) is 38.5 Å². The Hall–Kier alpha value is -1.14. The van der Waals surface area contributed by atoms with E-state index in [9.17, 15) is 14.7 Å². The number of ether oxygens (including phenoxy) is 1. The zero-order valence-corrected chi connectivity index (χ0v) is 16.1. The van der Waals surface area contributed by atoms with E-state index < -0.39 is 0 Å². The molecule has 1 atom stereocenters. The van der Waals surface area contributed by atoms with Gasteiger partial charge in [-0.3, -0.25) is 9.59 Å². The molecular formula is C20H34N2O4. The van der Waals surface area contributed by atoms with E-state index in [1.54, 1.807) is 4.90 Å². The van der Waals surface area contributed by atoms with Crippen LogP contribution in [0.1, 0.15) is 57.8 Å². The third-order valence-electron chi connectivity index (χ3n) is 6.61. The van der Waals surface area contributed by atoms with Crippen LogP contribution >= 0.6 is 0 Å². The number of rotatable bonds is 5. The van der Waals surface area contributed by atoms with Crippen molar-refractivity contribution in [3.05, 3.63) is 0 Å². The summed E-state index contributed by atoms with van der Waals surface area (Å²) in [7, 11) is 1.82. The van der Waals surface area contributed by atoms with Crippen LogP contribution in [0.3, 0.4) is 0 Å². The molecule has 0 aromatic heterocycles. The van der Waals surface area contributed by atoms with Gasteiger partial charge in [-0.2, -0.15) is 0 Å². The molecule has 6 heteroatoms. The Morgan fingerprint density at radius 2 is 1.81 bits per heavy atom. The second-order valence-electron chi connectivity index (χ2n) is 8.49. The first-order chi connectivity index (χ1) is 12.6. The fourth-order valence-electron chi connectivity index (χ4n) is 4.88. The van der Waals surface area contributed by atoms with Crippen molar-refractivity contribution < 1.29 is 19.4 Å². The molecule has 1 N–H and O–H groups in total. The topological polar surface area (TPSA) is 70.1 Å². The molecular weight excluding hydrogens is 332 g/mol. The van der Waals surface area contributed by atoms with E-state index in [0.29, 0.717) is 26.3 Å². The molecule has 3 aliphatic rings. The third kappa shape index (κ3) is 4.22. The minimum absolute atomic E-state index is 0.0333. The van der Waals surface area contributed by atoms with E-state index in [4.69, 9.17) is 4.74 Å². The molecule has 3 fully saturated rings. The van der Waals surface area contributed by atoms with E-state index in [0.717, 1.165) is 51.4 Å². The number of nitrogens with zero attached hydrogens (tertiary/aromatic N) is 2. The highest BCUT2D eigenvalue weighted by Crippen LogP contribution is 2.32. The number of carbonyl (C=O) groups is 2. The molecule has 0 aromatic rings. The van der Waals surface area contributed by atoms with Crippen LogP contribution in [-0.4, -0.2) is 72.7 Å². The zero-order chi connectivity index (χ0) is 18.6. The lowest BCUT2D eigenvalue weighted by Crippen LogP contribution is -2.52. The van der Waals surface area contributed by atoms with Crippen molar-refractivity contribution in [1.82, 2.24) is 9.80 Å². The normalized spacial score (nSPS) is 26.7. The fraction of sp³-hybridized carbons (Fsp3) is 0.900. The quantitative estimate of drug-likeness (QED) is 0.806. The van der Waals surface area contributed by atoms with Crippen LogP contribution in [0.15, 0.2) is 0 Å². The zero-order valence-electron chi connectivity index (χ0n) is 16.1. The Kier molecular flexibility index (Phi) is 6.56. The van der Waals surface area contributed by atoms with Gasteiger partial charge in [-0.25, -0.2) is 0 Å². The molecule has 2 amide bonds. The van der Waals surface area contributed by atoms with Crippen LogP contribution in [0.25, 0.3) is 0 Å². The molecule has 0 spiro atoms. The number of amides is 2. The number of hydrogen-bond acceptors (Lipinski definition) is 4. The van der Waals surface area contributed by atoms with Crippen LogP contribution in [0.5, 0.6) is 0 Å². The van der Waals surface area contributed by atoms with E-state index in [1.165, 1.54) is 6.42 Å². The molecule has 1 aliphatic carbocycles. The Morgan fingerprint density at radius 3 is 2.46 bits per heavy atom. The molecule has 148 valence electrons. The molecule has 1 saturated carbocycles. The average molecular weight is 367 g/mol. The molecule has 3 rings (SSSR count). The molecule has 0 radical (unpaired) electrons. The maximum absolute atomic E-state index is 13.1. The highest BCUT2D eigenvalue weighted by molar-refractivity contribution is 5.89. The molecule has 1 unspecified atom stereocenters.